The third-order valence-corrected chi connectivity index (χ3v) is 2.95. The molecule has 0 unspecified atom stereocenters. The van der Waals surface area contributed by atoms with Crippen LogP contribution in [0.4, 0.5) is 0 Å². The summed E-state index contributed by atoms with van der Waals surface area (Å²) in [5, 5.41) is 0. The molecular formula is C17H18O3. The number of esters is 1. The van der Waals surface area contributed by atoms with Crippen LogP contribution in [0, 0.1) is 20.8 Å². The van der Waals surface area contributed by atoms with Crippen molar-refractivity contribution in [1.29, 1.82) is 0 Å². The van der Waals surface area contributed by atoms with Crippen LogP contribution < -0.4 is 9.47 Å². The van der Waals surface area contributed by atoms with E-state index in [4.69, 9.17) is 9.47 Å². The monoisotopic (exact) mass is 270 g/mol. The standard InChI is InChI=1S/C17H18O3/c1-12-5-8-15(9-6-12)19-11-17(18)20-16-10-13(2)4-7-14(16)3/h4-10H,11H2,1-3H3. The molecule has 0 atom stereocenters. The van der Waals surface area contributed by atoms with Crippen molar-refractivity contribution in [2.75, 3.05) is 6.61 Å². The molecule has 20 heavy (non-hydrogen) atoms. The van der Waals surface area contributed by atoms with Crippen molar-refractivity contribution in [3.63, 3.8) is 0 Å². The van der Waals surface area contributed by atoms with Crippen LogP contribution in [-0.4, -0.2) is 12.6 Å². The van der Waals surface area contributed by atoms with Gasteiger partial charge in [0.1, 0.15) is 11.5 Å². The predicted molar refractivity (Wildman–Crippen MR) is 78.2 cm³/mol. The van der Waals surface area contributed by atoms with Gasteiger partial charge in [-0.25, -0.2) is 4.79 Å². The second kappa shape index (κ2) is 6.24. The van der Waals surface area contributed by atoms with Crippen LogP contribution >= 0.6 is 0 Å². The van der Waals surface area contributed by atoms with Crippen LogP contribution in [-0.2, 0) is 4.79 Å². The summed E-state index contributed by atoms with van der Waals surface area (Å²) in [6.45, 7) is 5.76. The highest BCUT2D eigenvalue weighted by molar-refractivity contribution is 5.74. The largest absolute Gasteiger partial charge is 0.482 e. The van der Waals surface area contributed by atoms with Crippen molar-refractivity contribution in [2.45, 2.75) is 20.8 Å². The van der Waals surface area contributed by atoms with E-state index in [0.29, 0.717) is 11.5 Å². The van der Waals surface area contributed by atoms with Crippen molar-refractivity contribution in [3.8, 4) is 11.5 Å². The topological polar surface area (TPSA) is 35.5 Å². The molecule has 3 heteroatoms. The van der Waals surface area contributed by atoms with Gasteiger partial charge in [0.15, 0.2) is 6.61 Å². The van der Waals surface area contributed by atoms with E-state index >= 15 is 0 Å². The highest BCUT2D eigenvalue weighted by Crippen LogP contribution is 2.19. The van der Waals surface area contributed by atoms with Gasteiger partial charge in [-0.2, -0.15) is 0 Å². The average Bonchev–Trinajstić information content (AvgIpc) is 2.42. The molecule has 0 heterocycles. The van der Waals surface area contributed by atoms with Gasteiger partial charge < -0.3 is 9.47 Å². The lowest BCUT2D eigenvalue weighted by Gasteiger charge is -2.09. The molecule has 0 aliphatic heterocycles. The maximum Gasteiger partial charge on any atom is 0.349 e. The van der Waals surface area contributed by atoms with Crippen molar-refractivity contribution < 1.29 is 14.3 Å². The number of ether oxygens (including phenoxy) is 2. The Morgan fingerprint density at radius 1 is 0.950 bits per heavy atom. The molecule has 0 bridgehead atoms. The highest BCUT2D eigenvalue weighted by Gasteiger charge is 2.08. The molecule has 0 aliphatic carbocycles. The highest BCUT2D eigenvalue weighted by atomic mass is 16.6. The average molecular weight is 270 g/mol. The van der Waals surface area contributed by atoms with E-state index in [1.54, 1.807) is 0 Å². The first-order valence-electron chi connectivity index (χ1n) is 6.52. The number of carbonyl (C=O) groups is 1. The van der Waals surface area contributed by atoms with Gasteiger partial charge in [0, 0.05) is 0 Å². The van der Waals surface area contributed by atoms with Crippen molar-refractivity contribution in [2.24, 2.45) is 0 Å². The molecular weight excluding hydrogens is 252 g/mol. The van der Waals surface area contributed by atoms with Gasteiger partial charge in [-0.05, 0) is 50.1 Å². The van der Waals surface area contributed by atoms with Crippen LogP contribution in [0.15, 0.2) is 42.5 Å². The van der Waals surface area contributed by atoms with Gasteiger partial charge in [0.2, 0.25) is 0 Å². The molecule has 0 amide bonds. The fourth-order valence-electron chi connectivity index (χ4n) is 1.75. The molecule has 0 N–H and O–H groups in total. The van der Waals surface area contributed by atoms with E-state index in [-0.39, 0.29) is 6.61 Å². The Kier molecular flexibility index (Phi) is 4.41. The smallest absolute Gasteiger partial charge is 0.349 e. The molecule has 0 radical (unpaired) electrons. The lowest BCUT2D eigenvalue weighted by atomic mass is 10.1. The van der Waals surface area contributed by atoms with E-state index in [1.807, 2.05) is 63.2 Å². The normalized spacial score (nSPS) is 10.2. The predicted octanol–water partition coefficient (Wildman–Crippen LogP) is 3.60. The number of hydrogen-bond acceptors (Lipinski definition) is 3. The van der Waals surface area contributed by atoms with Gasteiger partial charge in [0.05, 0.1) is 0 Å². The third-order valence-electron chi connectivity index (χ3n) is 2.95. The summed E-state index contributed by atoms with van der Waals surface area (Å²) in [5.41, 5.74) is 3.13. The Bertz CT molecular complexity index is 600. The molecule has 0 aromatic heterocycles. The number of benzene rings is 2. The van der Waals surface area contributed by atoms with Crippen molar-refractivity contribution in [1.82, 2.24) is 0 Å². The van der Waals surface area contributed by atoms with E-state index in [9.17, 15) is 4.79 Å². The lowest BCUT2D eigenvalue weighted by molar-refractivity contribution is -0.136. The Hall–Kier alpha value is -2.29. The summed E-state index contributed by atoms with van der Waals surface area (Å²) in [6.07, 6.45) is 0. The third kappa shape index (κ3) is 3.85. The minimum Gasteiger partial charge on any atom is -0.482 e. The van der Waals surface area contributed by atoms with Crippen molar-refractivity contribution in [3.05, 3.63) is 59.2 Å². The molecule has 0 fully saturated rings. The van der Waals surface area contributed by atoms with Gasteiger partial charge >= 0.3 is 5.97 Å². The number of hydrogen-bond donors (Lipinski definition) is 0. The van der Waals surface area contributed by atoms with Gasteiger partial charge in [-0.15, -0.1) is 0 Å². The summed E-state index contributed by atoms with van der Waals surface area (Å²) >= 11 is 0. The van der Waals surface area contributed by atoms with Gasteiger partial charge in [0.25, 0.3) is 0 Å². The Morgan fingerprint density at radius 3 is 2.30 bits per heavy atom. The van der Waals surface area contributed by atoms with E-state index in [2.05, 4.69) is 0 Å². The molecule has 0 spiro atoms. The lowest BCUT2D eigenvalue weighted by Crippen LogP contribution is -2.18. The van der Waals surface area contributed by atoms with Gasteiger partial charge in [-0.1, -0.05) is 29.8 Å². The summed E-state index contributed by atoms with van der Waals surface area (Å²) in [7, 11) is 0. The summed E-state index contributed by atoms with van der Waals surface area (Å²) in [5.74, 6) is 0.843. The van der Waals surface area contributed by atoms with Crippen LogP contribution in [0.5, 0.6) is 11.5 Å². The first kappa shape index (κ1) is 14.1. The zero-order chi connectivity index (χ0) is 14.5. The molecule has 0 saturated heterocycles. The fraction of sp³-hybridized carbons (Fsp3) is 0.235. The number of rotatable bonds is 4. The van der Waals surface area contributed by atoms with Crippen LogP contribution in [0.3, 0.4) is 0 Å². The SMILES string of the molecule is Cc1ccc(OCC(=O)Oc2cc(C)ccc2C)cc1. The molecule has 3 nitrogen and oxygen atoms in total. The van der Waals surface area contributed by atoms with Gasteiger partial charge in [-0.3, -0.25) is 0 Å². The second-order valence-electron chi connectivity index (χ2n) is 4.84. The van der Waals surface area contributed by atoms with Crippen LogP contribution in [0.25, 0.3) is 0 Å². The first-order valence-corrected chi connectivity index (χ1v) is 6.52. The first-order chi connectivity index (χ1) is 9.54. The molecule has 2 rings (SSSR count). The van der Waals surface area contributed by atoms with Crippen molar-refractivity contribution >= 4 is 5.97 Å². The quantitative estimate of drug-likeness (QED) is 0.629. The van der Waals surface area contributed by atoms with E-state index in [0.717, 1.165) is 16.7 Å². The van der Waals surface area contributed by atoms with Crippen LogP contribution in [0.1, 0.15) is 16.7 Å². The maximum atomic E-state index is 11.8. The number of aryl methyl sites for hydroxylation is 3. The summed E-state index contributed by atoms with van der Waals surface area (Å²) < 4.78 is 10.7. The molecule has 104 valence electrons. The fourth-order valence-corrected chi connectivity index (χ4v) is 1.75. The number of carbonyl (C=O) groups excluding carboxylic acids is 1. The summed E-state index contributed by atoms with van der Waals surface area (Å²) in [4.78, 5) is 11.8. The minimum atomic E-state index is -0.403. The zero-order valence-electron chi connectivity index (χ0n) is 12.0. The Morgan fingerprint density at radius 2 is 1.60 bits per heavy atom. The molecule has 2 aromatic carbocycles. The van der Waals surface area contributed by atoms with E-state index in [1.165, 1.54) is 0 Å². The molecule has 2 aromatic rings. The summed E-state index contributed by atoms with van der Waals surface area (Å²) in [6, 6.07) is 13.3. The second-order valence-corrected chi connectivity index (χ2v) is 4.84. The van der Waals surface area contributed by atoms with Crippen LogP contribution in [0.2, 0.25) is 0 Å². The maximum absolute atomic E-state index is 11.8. The Labute approximate surface area is 119 Å². The zero-order valence-corrected chi connectivity index (χ0v) is 12.0. The molecule has 0 saturated carbocycles. The Balaban J connectivity index is 1.92. The molecule has 0 aliphatic rings. The minimum absolute atomic E-state index is 0.101. The van der Waals surface area contributed by atoms with E-state index < -0.39 is 5.97 Å².